The van der Waals surface area contributed by atoms with Crippen molar-refractivity contribution < 1.29 is 9.21 Å². The van der Waals surface area contributed by atoms with E-state index in [1.165, 1.54) is 0 Å². The van der Waals surface area contributed by atoms with Crippen LogP contribution in [0.3, 0.4) is 0 Å². The number of nitrogens with zero attached hydrogens (tertiary/aromatic N) is 3. The second kappa shape index (κ2) is 5.30. The van der Waals surface area contributed by atoms with E-state index >= 15 is 0 Å². The van der Waals surface area contributed by atoms with Crippen LogP contribution in [0.4, 0.5) is 0 Å². The molecule has 1 amide bonds. The van der Waals surface area contributed by atoms with Gasteiger partial charge in [-0.1, -0.05) is 0 Å². The summed E-state index contributed by atoms with van der Waals surface area (Å²) in [5.74, 6) is 2.26. The molecular weight excluding hydrogens is 242 g/mol. The van der Waals surface area contributed by atoms with Crippen molar-refractivity contribution in [2.24, 2.45) is 0 Å². The van der Waals surface area contributed by atoms with Crippen molar-refractivity contribution in [2.45, 2.75) is 33.9 Å². The van der Waals surface area contributed by atoms with E-state index in [0.717, 1.165) is 18.1 Å². The zero-order valence-electron chi connectivity index (χ0n) is 11.8. The molecule has 0 aliphatic carbocycles. The quantitative estimate of drug-likeness (QED) is 0.849. The molecule has 5 nitrogen and oxygen atoms in total. The molecule has 0 saturated heterocycles. The van der Waals surface area contributed by atoms with Crippen molar-refractivity contribution in [2.75, 3.05) is 7.05 Å². The molecule has 0 N–H and O–H groups in total. The number of carbonyl (C=O) groups is 1. The molecule has 0 radical (unpaired) electrons. The molecule has 5 heteroatoms. The number of imidazole rings is 1. The van der Waals surface area contributed by atoms with Gasteiger partial charge in [-0.2, -0.15) is 0 Å². The van der Waals surface area contributed by atoms with Gasteiger partial charge >= 0.3 is 0 Å². The Hall–Kier alpha value is -2.04. The van der Waals surface area contributed by atoms with Crippen LogP contribution in [-0.2, 0) is 13.1 Å². The number of amides is 1. The maximum atomic E-state index is 12.3. The van der Waals surface area contributed by atoms with E-state index in [1.807, 2.05) is 17.7 Å². The van der Waals surface area contributed by atoms with E-state index in [1.54, 1.807) is 31.1 Å². The van der Waals surface area contributed by atoms with Gasteiger partial charge in [0.2, 0.25) is 0 Å². The Balaban J connectivity index is 2.14. The fraction of sp³-hybridized carbons (Fsp3) is 0.429. The molecule has 2 rings (SSSR count). The zero-order chi connectivity index (χ0) is 14.0. The first kappa shape index (κ1) is 13.4. The standard InChI is InChI=1S/C14H19N3O2/c1-5-17-7-6-15-13(17)9-16(4)14(18)12-8-10(2)19-11(12)3/h6-8H,5,9H2,1-4H3. The summed E-state index contributed by atoms with van der Waals surface area (Å²) in [6, 6.07) is 1.78. The van der Waals surface area contributed by atoms with E-state index in [-0.39, 0.29) is 5.91 Å². The molecule has 102 valence electrons. The summed E-state index contributed by atoms with van der Waals surface area (Å²) in [7, 11) is 1.78. The van der Waals surface area contributed by atoms with Crippen LogP contribution in [0.15, 0.2) is 22.9 Å². The first-order chi connectivity index (χ1) is 9.02. The van der Waals surface area contributed by atoms with Gasteiger partial charge in [0.15, 0.2) is 0 Å². The van der Waals surface area contributed by atoms with Crippen LogP contribution in [0, 0.1) is 13.8 Å². The summed E-state index contributed by atoms with van der Waals surface area (Å²) in [5.41, 5.74) is 0.620. The van der Waals surface area contributed by atoms with Gasteiger partial charge in [-0.25, -0.2) is 4.98 Å². The summed E-state index contributed by atoms with van der Waals surface area (Å²) in [5, 5.41) is 0. The van der Waals surface area contributed by atoms with E-state index in [9.17, 15) is 4.79 Å². The highest BCUT2D eigenvalue weighted by Gasteiger charge is 2.18. The average Bonchev–Trinajstić information content (AvgIpc) is 2.94. The fourth-order valence-electron chi connectivity index (χ4n) is 2.11. The van der Waals surface area contributed by atoms with Gasteiger partial charge in [0.1, 0.15) is 17.3 Å². The summed E-state index contributed by atoms with van der Waals surface area (Å²) in [4.78, 5) is 18.3. The third-order valence-electron chi connectivity index (χ3n) is 3.14. The molecule has 0 aromatic carbocycles. The van der Waals surface area contributed by atoms with Crippen molar-refractivity contribution in [3.8, 4) is 0 Å². The van der Waals surface area contributed by atoms with Crippen molar-refractivity contribution in [1.82, 2.24) is 14.5 Å². The molecular formula is C14H19N3O2. The van der Waals surface area contributed by atoms with Crippen molar-refractivity contribution in [3.05, 3.63) is 41.4 Å². The van der Waals surface area contributed by atoms with Crippen LogP contribution >= 0.6 is 0 Å². The Bertz CT molecular complexity index is 583. The largest absolute Gasteiger partial charge is 0.466 e. The van der Waals surface area contributed by atoms with Crippen LogP contribution in [0.2, 0.25) is 0 Å². The van der Waals surface area contributed by atoms with E-state index in [0.29, 0.717) is 17.9 Å². The maximum absolute atomic E-state index is 12.3. The van der Waals surface area contributed by atoms with Crippen molar-refractivity contribution in [3.63, 3.8) is 0 Å². The third-order valence-corrected chi connectivity index (χ3v) is 3.14. The Morgan fingerprint density at radius 1 is 1.47 bits per heavy atom. The van der Waals surface area contributed by atoms with Gasteiger partial charge in [-0.15, -0.1) is 0 Å². The molecule has 0 aliphatic rings. The Morgan fingerprint density at radius 2 is 2.21 bits per heavy atom. The first-order valence-corrected chi connectivity index (χ1v) is 6.35. The SMILES string of the molecule is CCn1ccnc1CN(C)C(=O)c1cc(C)oc1C. The molecule has 2 heterocycles. The highest BCUT2D eigenvalue weighted by Crippen LogP contribution is 2.16. The summed E-state index contributed by atoms with van der Waals surface area (Å²) >= 11 is 0. The molecule has 0 spiro atoms. The van der Waals surface area contributed by atoms with Crippen LogP contribution in [0.5, 0.6) is 0 Å². The smallest absolute Gasteiger partial charge is 0.257 e. The maximum Gasteiger partial charge on any atom is 0.257 e. The Kier molecular flexibility index (Phi) is 3.74. The Labute approximate surface area is 112 Å². The molecule has 0 fully saturated rings. The molecule has 0 aliphatic heterocycles. The normalized spacial score (nSPS) is 10.7. The molecule has 19 heavy (non-hydrogen) atoms. The van der Waals surface area contributed by atoms with E-state index in [2.05, 4.69) is 11.9 Å². The van der Waals surface area contributed by atoms with Crippen molar-refractivity contribution >= 4 is 5.91 Å². The van der Waals surface area contributed by atoms with Crippen molar-refractivity contribution in [1.29, 1.82) is 0 Å². The first-order valence-electron chi connectivity index (χ1n) is 6.35. The minimum atomic E-state index is -0.0417. The van der Waals surface area contributed by atoms with E-state index in [4.69, 9.17) is 4.42 Å². The Morgan fingerprint density at radius 3 is 2.79 bits per heavy atom. The van der Waals surface area contributed by atoms with Crippen LogP contribution in [0.1, 0.15) is 34.6 Å². The lowest BCUT2D eigenvalue weighted by molar-refractivity contribution is 0.0778. The van der Waals surface area contributed by atoms with Gasteiger partial charge in [-0.05, 0) is 26.8 Å². The summed E-state index contributed by atoms with van der Waals surface area (Å²) in [6.45, 7) is 7.04. The molecule has 0 bridgehead atoms. The van der Waals surface area contributed by atoms with Gasteiger partial charge in [0, 0.05) is 26.0 Å². The average molecular weight is 261 g/mol. The minimum Gasteiger partial charge on any atom is -0.466 e. The number of hydrogen-bond donors (Lipinski definition) is 0. The van der Waals surface area contributed by atoms with Crippen LogP contribution in [0.25, 0.3) is 0 Å². The molecule has 2 aromatic heterocycles. The number of aromatic nitrogens is 2. The van der Waals surface area contributed by atoms with E-state index < -0.39 is 0 Å². The second-order valence-corrected chi connectivity index (χ2v) is 4.62. The highest BCUT2D eigenvalue weighted by molar-refractivity contribution is 5.95. The van der Waals surface area contributed by atoms with Gasteiger partial charge in [-0.3, -0.25) is 4.79 Å². The van der Waals surface area contributed by atoms with Gasteiger partial charge in [0.05, 0.1) is 12.1 Å². The lowest BCUT2D eigenvalue weighted by Crippen LogP contribution is -2.27. The number of rotatable bonds is 4. The van der Waals surface area contributed by atoms with Crippen LogP contribution < -0.4 is 0 Å². The predicted molar refractivity (Wildman–Crippen MR) is 71.9 cm³/mol. The predicted octanol–water partition coefficient (Wildman–Crippen LogP) is 2.39. The molecule has 0 unspecified atom stereocenters. The number of furan rings is 1. The molecule has 2 aromatic rings. The second-order valence-electron chi connectivity index (χ2n) is 4.62. The third kappa shape index (κ3) is 2.70. The van der Waals surface area contributed by atoms with Gasteiger partial charge < -0.3 is 13.9 Å². The van der Waals surface area contributed by atoms with Gasteiger partial charge in [0.25, 0.3) is 5.91 Å². The van der Waals surface area contributed by atoms with Crippen LogP contribution in [-0.4, -0.2) is 27.4 Å². The zero-order valence-corrected chi connectivity index (χ0v) is 11.8. The lowest BCUT2D eigenvalue weighted by atomic mass is 10.2. The molecule has 0 saturated carbocycles. The topological polar surface area (TPSA) is 51.3 Å². The number of aryl methyl sites for hydroxylation is 3. The highest BCUT2D eigenvalue weighted by atomic mass is 16.3. The monoisotopic (exact) mass is 261 g/mol. The minimum absolute atomic E-state index is 0.0417. The molecule has 0 atom stereocenters. The summed E-state index contributed by atoms with van der Waals surface area (Å²) in [6.07, 6.45) is 3.67. The number of carbonyl (C=O) groups excluding carboxylic acids is 1. The number of hydrogen-bond acceptors (Lipinski definition) is 3. The summed E-state index contributed by atoms with van der Waals surface area (Å²) < 4.78 is 7.42. The lowest BCUT2D eigenvalue weighted by Gasteiger charge is -2.17. The fourth-order valence-corrected chi connectivity index (χ4v) is 2.11.